The molecule has 1 aliphatic rings. The second-order valence-electron chi connectivity index (χ2n) is 7.43. The molecular formula is C18H29N3O3S. The van der Waals surface area contributed by atoms with Gasteiger partial charge in [-0.1, -0.05) is 39.8 Å². The molecule has 0 unspecified atom stereocenters. The Morgan fingerprint density at radius 3 is 2.24 bits per heavy atom. The summed E-state index contributed by atoms with van der Waals surface area (Å²) in [5, 5.41) is 2.82. The number of piperidine rings is 1. The van der Waals surface area contributed by atoms with E-state index >= 15 is 0 Å². The lowest BCUT2D eigenvalue weighted by Crippen LogP contribution is -2.47. The van der Waals surface area contributed by atoms with Crippen LogP contribution in [0.15, 0.2) is 24.3 Å². The molecular weight excluding hydrogens is 338 g/mol. The number of anilines is 1. The first-order valence-corrected chi connectivity index (χ1v) is 10.3. The van der Waals surface area contributed by atoms with Crippen molar-refractivity contribution < 1.29 is 13.2 Å². The van der Waals surface area contributed by atoms with Gasteiger partial charge in [0.05, 0.1) is 0 Å². The third kappa shape index (κ3) is 5.80. The first-order valence-electron chi connectivity index (χ1n) is 8.82. The Bertz CT molecular complexity index is 676. The lowest BCUT2D eigenvalue weighted by atomic mass is 9.94. The van der Waals surface area contributed by atoms with Crippen LogP contribution in [0.3, 0.4) is 0 Å². The average molecular weight is 368 g/mol. The monoisotopic (exact) mass is 367 g/mol. The lowest BCUT2D eigenvalue weighted by Gasteiger charge is -2.33. The Hall–Kier alpha value is -1.44. The zero-order valence-electron chi connectivity index (χ0n) is 15.5. The number of rotatable bonds is 6. The van der Waals surface area contributed by atoms with Gasteiger partial charge in [-0.3, -0.25) is 4.79 Å². The number of hydrogen-bond acceptors (Lipinski definition) is 3. The summed E-state index contributed by atoms with van der Waals surface area (Å²) in [6.07, 6.45) is 1.07. The summed E-state index contributed by atoms with van der Waals surface area (Å²) in [5.41, 5.74) is 1.56. The lowest BCUT2D eigenvalue weighted by molar-refractivity contribution is -0.118. The predicted octanol–water partition coefficient (Wildman–Crippen LogP) is 2.59. The summed E-state index contributed by atoms with van der Waals surface area (Å²) in [5.74, 6) is 0.635. The van der Waals surface area contributed by atoms with E-state index in [-0.39, 0.29) is 18.4 Å². The van der Waals surface area contributed by atoms with Crippen LogP contribution in [0.4, 0.5) is 5.69 Å². The van der Waals surface area contributed by atoms with Gasteiger partial charge in [0.1, 0.15) is 0 Å². The van der Waals surface area contributed by atoms with Gasteiger partial charge in [0.15, 0.2) is 0 Å². The van der Waals surface area contributed by atoms with E-state index < -0.39 is 10.2 Å². The second-order valence-corrected chi connectivity index (χ2v) is 9.19. The van der Waals surface area contributed by atoms with E-state index in [1.54, 1.807) is 16.4 Å². The molecule has 1 aromatic rings. The fraction of sp³-hybridized carbons (Fsp3) is 0.611. The topological polar surface area (TPSA) is 78.5 Å². The molecule has 6 nitrogen and oxygen atoms in total. The third-order valence-corrected chi connectivity index (χ3v) is 5.87. The van der Waals surface area contributed by atoms with Gasteiger partial charge in [-0.2, -0.15) is 17.4 Å². The summed E-state index contributed by atoms with van der Waals surface area (Å²) >= 11 is 0. The molecule has 1 heterocycles. The highest BCUT2D eigenvalue weighted by Crippen LogP contribution is 2.22. The maximum absolute atomic E-state index is 12.5. The second kappa shape index (κ2) is 8.29. The van der Waals surface area contributed by atoms with E-state index in [2.05, 4.69) is 23.9 Å². The molecule has 2 N–H and O–H groups in total. The highest BCUT2D eigenvalue weighted by Gasteiger charge is 2.30. The molecule has 2 rings (SSSR count). The van der Waals surface area contributed by atoms with E-state index in [1.165, 1.54) is 0 Å². The minimum Gasteiger partial charge on any atom is -0.326 e. The molecule has 0 radical (unpaired) electrons. The first-order chi connectivity index (χ1) is 11.7. The van der Waals surface area contributed by atoms with Gasteiger partial charge in [-0.15, -0.1) is 0 Å². The molecule has 0 saturated carbocycles. The van der Waals surface area contributed by atoms with Crippen molar-refractivity contribution >= 4 is 21.8 Å². The number of hydrogen-bond donors (Lipinski definition) is 2. The fourth-order valence-corrected chi connectivity index (χ4v) is 4.49. The van der Waals surface area contributed by atoms with E-state index in [9.17, 15) is 13.2 Å². The highest BCUT2D eigenvalue weighted by molar-refractivity contribution is 7.87. The predicted molar refractivity (Wildman–Crippen MR) is 100 cm³/mol. The SMILES string of the molecule is CC(C)C(=O)Nc1ccc(CNS(=O)(=O)N2C[C@@H](C)C[C@H](C)C2)cc1. The maximum atomic E-state index is 12.5. The largest absolute Gasteiger partial charge is 0.326 e. The molecule has 1 amide bonds. The molecule has 1 fully saturated rings. The maximum Gasteiger partial charge on any atom is 0.279 e. The van der Waals surface area contributed by atoms with Crippen LogP contribution in [0.25, 0.3) is 0 Å². The highest BCUT2D eigenvalue weighted by atomic mass is 32.2. The Morgan fingerprint density at radius 1 is 1.16 bits per heavy atom. The van der Waals surface area contributed by atoms with Gasteiger partial charge < -0.3 is 5.32 Å². The number of carbonyl (C=O) groups is 1. The van der Waals surface area contributed by atoms with Crippen molar-refractivity contribution in [1.82, 2.24) is 9.03 Å². The van der Waals surface area contributed by atoms with Crippen molar-refractivity contribution in [3.05, 3.63) is 29.8 Å². The normalized spacial score (nSPS) is 22.1. The van der Waals surface area contributed by atoms with Gasteiger partial charge in [-0.25, -0.2) is 0 Å². The van der Waals surface area contributed by atoms with E-state index in [0.29, 0.717) is 30.6 Å². The number of amides is 1. The van der Waals surface area contributed by atoms with Crippen LogP contribution < -0.4 is 10.0 Å². The van der Waals surface area contributed by atoms with Crippen molar-refractivity contribution in [2.45, 2.75) is 40.7 Å². The molecule has 1 saturated heterocycles. The van der Waals surface area contributed by atoms with Gasteiger partial charge in [0, 0.05) is 31.2 Å². The zero-order valence-corrected chi connectivity index (χ0v) is 16.3. The number of nitrogens with zero attached hydrogens (tertiary/aromatic N) is 1. The molecule has 0 spiro atoms. The van der Waals surface area contributed by atoms with Crippen LogP contribution in [-0.2, 0) is 21.5 Å². The average Bonchev–Trinajstić information content (AvgIpc) is 2.53. The van der Waals surface area contributed by atoms with Crippen LogP contribution in [0.2, 0.25) is 0 Å². The van der Waals surface area contributed by atoms with Gasteiger partial charge >= 0.3 is 0 Å². The van der Waals surface area contributed by atoms with Gasteiger partial charge in [-0.05, 0) is 36.0 Å². The van der Waals surface area contributed by atoms with Crippen LogP contribution in [0, 0.1) is 17.8 Å². The molecule has 25 heavy (non-hydrogen) atoms. The molecule has 140 valence electrons. The molecule has 1 aliphatic heterocycles. The van der Waals surface area contributed by atoms with Crippen molar-refractivity contribution in [3.8, 4) is 0 Å². The van der Waals surface area contributed by atoms with Crippen LogP contribution in [-0.4, -0.2) is 31.7 Å². The number of benzene rings is 1. The van der Waals surface area contributed by atoms with Crippen molar-refractivity contribution in [3.63, 3.8) is 0 Å². The smallest absolute Gasteiger partial charge is 0.279 e. The summed E-state index contributed by atoms with van der Waals surface area (Å²) < 4.78 is 29.2. The van der Waals surface area contributed by atoms with E-state index in [1.807, 2.05) is 26.0 Å². The standard InChI is InChI=1S/C18H29N3O3S/c1-13(2)18(22)20-17-7-5-16(6-8-17)10-19-25(23,24)21-11-14(3)9-15(4)12-21/h5-8,13-15,19H,9-12H2,1-4H3,(H,20,22)/t14-,15-/m0/s1. The summed E-state index contributed by atoms with van der Waals surface area (Å²) in [7, 11) is -3.47. The van der Waals surface area contributed by atoms with Gasteiger partial charge in [0.2, 0.25) is 5.91 Å². The zero-order chi connectivity index (χ0) is 18.6. The minimum absolute atomic E-state index is 0.0400. The summed E-state index contributed by atoms with van der Waals surface area (Å²) in [6, 6.07) is 7.21. The Morgan fingerprint density at radius 2 is 1.72 bits per heavy atom. The van der Waals surface area contributed by atoms with Crippen molar-refractivity contribution in [2.75, 3.05) is 18.4 Å². The van der Waals surface area contributed by atoms with Crippen LogP contribution in [0.1, 0.15) is 39.7 Å². The van der Waals surface area contributed by atoms with E-state index in [4.69, 9.17) is 0 Å². The van der Waals surface area contributed by atoms with Crippen molar-refractivity contribution in [2.24, 2.45) is 17.8 Å². The number of nitrogens with one attached hydrogen (secondary N) is 2. The summed E-state index contributed by atoms with van der Waals surface area (Å²) in [6.45, 7) is 9.21. The Balaban J connectivity index is 1.93. The molecule has 1 aromatic carbocycles. The minimum atomic E-state index is -3.47. The Labute approximate surface area is 151 Å². The Kier molecular flexibility index (Phi) is 6.59. The van der Waals surface area contributed by atoms with Crippen LogP contribution in [0.5, 0.6) is 0 Å². The molecule has 0 aromatic heterocycles. The number of carbonyl (C=O) groups excluding carboxylic acids is 1. The quantitative estimate of drug-likeness (QED) is 0.811. The van der Waals surface area contributed by atoms with Crippen LogP contribution >= 0.6 is 0 Å². The molecule has 7 heteroatoms. The summed E-state index contributed by atoms with van der Waals surface area (Å²) in [4.78, 5) is 11.7. The van der Waals surface area contributed by atoms with Gasteiger partial charge in [0.25, 0.3) is 10.2 Å². The molecule has 2 atom stereocenters. The molecule has 0 aliphatic carbocycles. The third-order valence-electron chi connectivity index (χ3n) is 4.38. The first kappa shape index (κ1) is 19.9. The fourth-order valence-electron chi connectivity index (χ4n) is 3.06. The van der Waals surface area contributed by atoms with E-state index in [0.717, 1.165) is 12.0 Å². The molecule has 0 bridgehead atoms. The van der Waals surface area contributed by atoms with Crippen molar-refractivity contribution in [1.29, 1.82) is 0 Å².